The van der Waals surface area contributed by atoms with E-state index in [2.05, 4.69) is 0 Å². The Bertz CT molecular complexity index is 364. The predicted octanol–water partition coefficient (Wildman–Crippen LogP) is 0.807. The average molecular weight is 215 g/mol. The molecule has 1 aromatic rings. The first-order chi connectivity index (χ1) is 6.52. The van der Waals surface area contributed by atoms with Gasteiger partial charge in [0, 0.05) is 4.90 Å². The fourth-order valence-corrected chi connectivity index (χ4v) is 1.90. The maximum atomic E-state index is 12.5. The summed E-state index contributed by atoms with van der Waals surface area (Å²) in [5.41, 5.74) is 5.00. The van der Waals surface area contributed by atoms with Crippen LogP contribution in [0.5, 0.6) is 0 Å². The second-order valence-electron chi connectivity index (χ2n) is 2.80. The normalized spacial score (nSPS) is 14.7. The van der Waals surface area contributed by atoms with E-state index in [0.717, 1.165) is 0 Å². The molecule has 76 valence electrons. The van der Waals surface area contributed by atoms with Crippen molar-refractivity contribution >= 4 is 16.7 Å². The minimum absolute atomic E-state index is 0.401. The number of benzene rings is 1. The Hall–Kier alpha value is -1.23. The Kier molecular flexibility index (Phi) is 3.35. The lowest BCUT2D eigenvalue weighted by atomic mass is 10.3. The monoisotopic (exact) mass is 215 g/mol. The van der Waals surface area contributed by atoms with Crippen LogP contribution in [-0.4, -0.2) is 15.4 Å². The molecule has 0 aliphatic heterocycles. The van der Waals surface area contributed by atoms with Gasteiger partial charge in [0.15, 0.2) is 0 Å². The summed E-state index contributed by atoms with van der Waals surface area (Å²) >= 11 is 0. The SMILES string of the molecule is CC(C(N)=O)S(=O)c1ccc(F)cc1. The van der Waals surface area contributed by atoms with E-state index in [1.807, 2.05) is 0 Å². The Morgan fingerprint density at radius 2 is 1.93 bits per heavy atom. The van der Waals surface area contributed by atoms with Crippen molar-refractivity contribution in [2.75, 3.05) is 0 Å². The number of rotatable bonds is 3. The minimum atomic E-state index is -1.51. The molecular formula is C9H10FNO2S. The van der Waals surface area contributed by atoms with Gasteiger partial charge in [0.25, 0.3) is 0 Å². The average Bonchev–Trinajstić information content (AvgIpc) is 2.16. The molecule has 1 amide bonds. The summed E-state index contributed by atoms with van der Waals surface area (Å²) in [6.07, 6.45) is 0. The molecule has 1 rings (SSSR count). The van der Waals surface area contributed by atoms with E-state index in [9.17, 15) is 13.4 Å². The molecule has 0 saturated heterocycles. The molecule has 0 heterocycles. The quantitative estimate of drug-likeness (QED) is 0.811. The molecule has 0 aliphatic rings. The number of hydrogen-bond donors (Lipinski definition) is 1. The highest BCUT2D eigenvalue weighted by molar-refractivity contribution is 7.86. The molecule has 2 unspecified atom stereocenters. The van der Waals surface area contributed by atoms with Gasteiger partial charge in [-0.05, 0) is 31.2 Å². The molecule has 0 spiro atoms. The molecule has 0 bridgehead atoms. The highest BCUT2D eigenvalue weighted by Crippen LogP contribution is 2.11. The van der Waals surface area contributed by atoms with Crippen LogP contribution in [0.2, 0.25) is 0 Å². The van der Waals surface area contributed by atoms with Gasteiger partial charge in [0.05, 0.1) is 10.8 Å². The van der Waals surface area contributed by atoms with Gasteiger partial charge in [0.2, 0.25) is 5.91 Å². The van der Waals surface area contributed by atoms with Crippen molar-refractivity contribution in [1.29, 1.82) is 0 Å². The molecule has 1 aromatic carbocycles. The highest BCUT2D eigenvalue weighted by atomic mass is 32.2. The fraction of sp³-hybridized carbons (Fsp3) is 0.222. The van der Waals surface area contributed by atoms with Gasteiger partial charge >= 0.3 is 0 Å². The van der Waals surface area contributed by atoms with Crippen LogP contribution < -0.4 is 5.73 Å². The lowest BCUT2D eigenvalue weighted by Gasteiger charge is -2.06. The largest absolute Gasteiger partial charge is 0.369 e. The lowest BCUT2D eigenvalue weighted by Crippen LogP contribution is -2.29. The Labute approximate surface area is 83.6 Å². The van der Waals surface area contributed by atoms with E-state index in [-0.39, 0.29) is 0 Å². The van der Waals surface area contributed by atoms with Crippen molar-refractivity contribution in [2.45, 2.75) is 17.1 Å². The summed E-state index contributed by atoms with van der Waals surface area (Å²) in [4.78, 5) is 11.1. The van der Waals surface area contributed by atoms with Crippen molar-refractivity contribution in [3.05, 3.63) is 30.1 Å². The first-order valence-corrected chi connectivity index (χ1v) is 5.19. The highest BCUT2D eigenvalue weighted by Gasteiger charge is 2.18. The molecule has 2 N–H and O–H groups in total. The molecule has 0 saturated carbocycles. The van der Waals surface area contributed by atoms with Crippen LogP contribution >= 0.6 is 0 Å². The number of carbonyl (C=O) groups excluding carboxylic acids is 1. The third kappa shape index (κ3) is 2.38. The summed E-state index contributed by atoms with van der Waals surface area (Å²) in [6, 6.07) is 5.15. The smallest absolute Gasteiger partial charge is 0.233 e. The van der Waals surface area contributed by atoms with Gasteiger partial charge in [-0.2, -0.15) is 0 Å². The summed E-state index contributed by atoms with van der Waals surface area (Å²) in [5.74, 6) is -1.04. The maximum Gasteiger partial charge on any atom is 0.233 e. The van der Waals surface area contributed by atoms with Crippen LogP contribution in [-0.2, 0) is 15.6 Å². The lowest BCUT2D eigenvalue weighted by molar-refractivity contribution is -0.117. The van der Waals surface area contributed by atoms with Crippen LogP contribution in [0.3, 0.4) is 0 Å². The van der Waals surface area contributed by atoms with E-state index < -0.39 is 27.8 Å². The fourth-order valence-electron chi connectivity index (χ4n) is 0.878. The molecule has 0 aliphatic carbocycles. The zero-order valence-electron chi connectivity index (χ0n) is 7.57. The van der Waals surface area contributed by atoms with Gasteiger partial charge < -0.3 is 5.73 Å². The van der Waals surface area contributed by atoms with E-state index in [1.165, 1.54) is 31.2 Å². The molecule has 14 heavy (non-hydrogen) atoms. The van der Waals surface area contributed by atoms with Gasteiger partial charge in [-0.1, -0.05) is 0 Å². The maximum absolute atomic E-state index is 12.5. The predicted molar refractivity (Wildman–Crippen MR) is 51.5 cm³/mol. The van der Waals surface area contributed by atoms with E-state index in [4.69, 9.17) is 5.73 Å². The number of carbonyl (C=O) groups is 1. The summed E-state index contributed by atoms with van der Waals surface area (Å²) in [7, 11) is -1.51. The third-order valence-corrected chi connectivity index (χ3v) is 3.38. The molecule has 3 nitrogen and oxygen atoms in total. The number of halogens is 1. The van der Waals surface area contributed by atoms with Crippen LogP contribution in [0, 0.1) is 5.82 Å². The number of nitrogens with two attached hydrogens (primary N) is 1. The van der Waals surface area contributed by atoms with E-state index >= 15 is 0 Å². The molecule has 2 atom stereocenters. The zero-order valence-corrected chi connectivity index (χ0v) is 8.38. The van der Waals surface area contributed by atoms with Crippen molar-refractivity contribution in [2.24, 2.45) is 5.73 Å². The minimum Gasteiger partial charge on any atom is -0.369 e. The van der Waals surface area contributed by atoms with Crippen LogP contribution in [0.4, 0.5) is 4.39 Å². The van der Waals surface area contributed by atoms with Gasteiger partial charge in [0.1, 0.15) is 11.1 Å². The molecule has 0 aromatic heterocycles. The van der Waals surface area contributed by atoms with Crippen molar-refractivity contribution in [3.8, 4) is 0 Å². The van der Waals surface area contributed by atoms with E-state index in [1.54, 1.807) is 0 Å². The molecule has 5 heteroatoms. The molecular weight excluding hydrogens is 205 g/mol. The van der Waals surface area contributed by atoms with Crippen LogP contribution in [0.25, 0.3) is 0 Å². The molecule has 0 fully saturated rings. The van der Waals surface area contributed by atoms with Crippen molar-refractivity contribution in [1.82, 2.24) is 0 Å². The second kappa shape index (κ2) is 4.32. The topological polar surface area (TPSA) is 60.2 Å². The van der Waals surface area contributed by atoms with Crippen molar-refractivity contribution < 1.29 is 13.4 Å². The summed E-state index contributed by atoms with van der Waals surface area (Å²) in [5, 5.41) is -0.763. The van der Waals surface area contributed by atoms with Crippen LogP contribution in [0.1, 0.15) is 6.92 Å². The zero-order chi connectivity index (χ0) is 10.7. The Morgan fingerprint density at radius 3 is 2.36 bits per heavy atom. The summed E-state index contributed by atoms with van der Waals surface area (Å²) in [6.45, 7) is 1.47. The van der Waals surface area contributed by atoms with Crippen molar-refractivity contribution in [3.63, 3.8) is 0 Å². The third-order valence-electron chi connectivity index (χ3n) is 1.77. The van der Waals surface area contributed by atoms with Crippen LogP contribution in [0.15, 0.2) is 29.2 Å². The van der Waals surface area contributed by atoms with Gasteiger partial charge in [-0.3, -0.25) is 9.00 Å². The summed E-state index contributed by atoms with van der Waals surface area (Å²) < 4.78 is 24.1. The Morgan fingerprint density at radius 1 is 1.43 bits per heavy atom. The van der Waals surface area contributed by atoms with E-state index in [0.29, 0.717) is 4.90 Å². The standard InChI is InChI=1S/C9H10FNO2S/c1-6(9(11)12)14(13)8-4-2-7(10)3-5-8/h2-6H,1H3,(H2,11,12). The first-order valence-electron chi connectivity index (χ1n) is 3.98. The van der Waals surface area contributed by atoms with Gasteiger partial charge in [-0.25, -0.2) is 4.39 Å². The van der Waals surface area contributed by atoms with Gasteiger partial charge in [-0.15, -0.1) is 0 Å². The number of primary amides is 1. The number of hydrogen-bond acceptors (Lipinski definition) is 2. The first kappa shape index (κ1) is 10.8. The second-order valence-corrected chi connectivity index (χ2v) is 4.57. The molecule has 0 radical (unpaired) electrons. The number of amides is 1. The Balaban J connectivity index is 2.90.